The Balaban J connectivity index is 2.08. The summed E-state index contributed by atoms with van der Waals surface area (Å²) in [5.41, 5.74) is 6.49. The highest BCUT2D eigenvalue weighted by Gasteiger charge is 2.34. The Morgan fingerprint density at radius 1 is 1.52 bits per heavy atom. The average Bonchev–Trinajstić information content (AvgIpc) is 2.88. The van der Waals surface area contributed by atoms with Gasteiger partial charge in [0.15, 0.2) is 0 Å². The van der Waals surface area contributed by atoms with E-state index < -0.39 is 0 Å². The largest absolute Gasteiger partial charge is 0.375 e. The van der Waals surface area contributed by atoms with Crippen molar-refractivity contribution in [1.82, 2.24) is 14.7 Å². The maximum absolute atomic E-state index is 11.6. The quantitative estimate of drug-likeness (QED) is 0.858. The van der Waals surface area contributed by atoms with Crippen LogP contribution < -0.4 is 5.73 Å². The second-order valence-corrected chi connectivity index (χ2v) is 5.65. The number of nitrogens with zero attached hydrogens (tertiary/aromatic N) is 3. The molecule has 2 heterocycles. The van der Waals surface area contributed by atoms with Gasteiger partial charge in [-0.15, -0.1) is 0 Å². The number of carbonyl (C=O) groups is 1. The third-order valence-electron chi connectivity index (χ3n) is 4.23. The first-order valence-electron chi connectivity index (χ1n) is 7.75. The van der Waals surface area contributed by atoms with Crippen LogP contribution in [0.4, 0.5) is 0 Å². The van der Waals surface area contributed by atoms with Crippen LogP contribution in [0.1, 0.15) is 45.3 Å². The molecule has 0 bridgehead atoms. The minimum atomic E-state index is -0.378. The van der Waals surface area contributed by atoms with Crippen LogP contribution in [-0.2, 0) is 16.1 Å². The summed E-state index contributed by atoms with van der Waals surface area (Å²) in [6.07, 6.45) is 3.99. The lowest BCUT2D eigenvalue weighted by Crippen LogP contribution is -2.56. The molecule has 2 rings (SSSR count). The van der Waals surface area contributed by atoms with Gasteiger partial charge in [-0.05, 0) is 25.8 Å². The Bertz CT molecular complexity index is 470. The first-order valence-corrected chi connectivity index (χ1v) is 7.75. The van der Waals surface area contributed by atoms with Gasteiger partial charge in [0, 0.05) is 19.3 Å². The number of hydrogen-bond acceptors (Lipinski definition) is 4. The topological polar surface area (TPSA) is 73.4 Å². The van der Waals surface area contributed by atoms with E-state index in [2.05, 4.69) is 23.8 Å². The van der Waals surface area contributed by atoms with Gasteiger partial charge in [0.2, 0.25) is 5.91 Å². The first-order chi connectivity index (χ1) is 10.1. The Labute approximate surface area is 126 Å². The fourth-order valence-corrected chi connectivity index (χ4v) is 3.01. The average molecular weight is 294 g/mol. The highest BCUT2D eigenvalue weighted by molar-refractivity contribution is 5.80. The second-order valence-electron chi connectivity index (χ2n) is 5.65. The molecule has 21 heavy (non-hydrogen) atoms. The Hall–Kier alpha value is -1.40. The number of rotatable bonds is 6. The van der Waals surface area contributed by atoms with E-state index in [-0.39, 0.29) is 18.1 Å². The number of ether oxygens (including phenoxy) is 1. The van der Waals surface area contributed by atoms with Crippen molar-refractivity contribution in [3.05, 3.63) is 18.0 Å². The molecule has 6 heteroatoms. The molecule has 0 spiro atoms. The summed E-state index contributed by atoms with van der Waals surface area (Å²) in [5, 5.41) is 4.65. The lowest BCUT2D eigenvalue weighted by Gasteiger charge is -2.37. The Kier molecular flexibility index (Phi) is 5.36. The summed E-state index contributed by atoms with van der Waals surface area (Å²) in [4.78, 5) is 13.7. The maximum atomic E-state index is 11.6. The highest BCUT2D eigenvalue weighted by Crippen LogP contribution is 2.18. The minimum Gasteiger partial charge on any atom is -0.375 e. The van der Waals surface area contributed by atoms with Crippen molar-refractivity contribution in [1.29, 1.82) is 0 Å². The van der Waals surface area contributed by atoms with E-state index in [0.717, 1.165) is 18.5 Å². The molecule has 0 unspecified atom stereocenters. The number of nitrogens with two attached hydrogens (primary N) is 1. The lowest BCUT2D eigenvalue weighted by atomic mass is 10.1. The van der Waals surface area contributed by atoms with Crippen LogP contribution >= 0.6 is 0 Å². The number of hydrogen-bond donors (Lipinski definition) is 1. The molecule has 1 amide bonds. The van der Waals surface area contributed by atoms with Gasteiger partial charge in [-0.25, -0.2) is 0 Å². The molecule has 0 aromatic carbocycles. The minimum absolute atomic E-state index is 0.169. The number of aromatic nitrogens is 2. The second kappa shape index (κ2) is 7.04. The lowest BCUT2D eigenvalue weighted by molar-refractivity contribution is -0.136. The smallest absolute Gasteiger partial charge is 0.237 e. The van der Waals surface area contributed by atoms with E-state index in [1.165, 1.54) is 0 Å². The number of amides is 1. The van der Waals surface area contributed by atoms with E-state index >= 15 is 0 Å². The number of primary amides is 1. The van der Waals surface area contributed by atoms with Gasteiger partial charge < -0.3 is 10.5 Å². The Morgan fingerprint density at radius 3 is 2.86 bits per heavy atom. The van der Waals surface area contributed by atoms with Crippen LogP contribution in [0, 0.1) is 0 Å². The summed E-state index contributed by atoms with van der Waals surface area (Å²) in [6.45, 7) is 8.19. The summed E-state index contributed by atoms with van der Waals surface area (Å²) < 4.78 is 7.56. The van der Waals surface area contributed by atoms with Gasteiger partial charge >= 0.3 is 0 Å². The zero-order valence-electron chi connectivity index (χ0n) is 13.2. The van der Waals surface area contributed by atoms with E-state index in [1.807, 2.05) is 23.9 Å². The van der Waals surface area contributed by atoms with Gasteiger partial charge in [0.1, 0.15) is 6.04 Å². The zero-order chi connectivity index (χ0) is 15.4. The molecule has 1 aromatic heterocycles. The van der Waals surface area contributed by atoms with Crippen molar-refractivity contribution in [2.75, 3.05) is 13.2 Å². The van der Waals surface area contributed by atoms with Crippen molar-refractivity contribution in [2.45, 2.75) is 58.3 Å². The van der Waals surface area contributed by atoms with Crippen molar-refractivity contribution in [3.63, 3.8) is 0 Å². The maximum Gasteiger partial charge on any atom is 0.237 e. The third-order valence-corrected chi connectivity index (χ3v) is 4.23. The molecule has 118 valence electrons. The number of morpholine rings is 1. The van der Waals surface area contributed by atoms with Crippen LogP contribution in [0.2, 0.25) is 0 Å². The molecule has 0 radical (unpaired) electrons. The molecule has 1 fully saturated rings. The molecule has 0 aliphatic carbocycles. The van der Waals surface area contributed by atoms with Crippen LogP contribution in [0.15, 0.2) is 12.3 Å². The fraction of sp³-hybridized carbons (Fsp3) is 0.733. The predicted octanol–water partition coefficient (Wildman–Crippen LogP) is 1.32. The summed E-state index contributed by atoms with van der Waals surface area (Å²) >= 11 is 0. The van der Waals surface area contributed by atoms with Crippen molar-refractivity contribution < 1.29 is 9.53 Å². The van der Waals surface area contributed by atoms with Gasteiger partial charge in [0.05, 0.1) is 24.4 Å². The fourth-order valence-electron chi connectivity index (χ4n) is 3.01. The van der Waals surface area contributed by atoms with Crippen LogP contribution in [0.5, 0.6) is 0 Å². The molecule has 2 N–H and O–H groups in total. The van der Waals surface area contributed by atoms with E-state index in [0.29, 0.717) is 25.7 Å². The molecular formula is C15H26N4O2. The molecule has 2 atom stereocenters. The molecule has 1 aliphatic rings. The van der Waals surface area contributed by atoms with Gasteiger partial charge in [-0.1, -0.05) is 13.8 Å². The summed E-state index contributed by atoms with van der Waals surface area (Å²) in [5.74, 6) is -0.332. The van der Waals surface area contributed by atoms with Gasteiger partial charge in [-0.2, -0.15) is 5.10 Å². The van der Waals surface area contributed by atoms with E-state index in [1.54, 1.807) is 0 Å². The van der Waals surface area contributed by atoms with Crippen LogP contribution in [0.3, 0.4) is 0 Å². The van der Waals surface area contributed by atoms with Crippen LogP contribution in [-0.4, -0.2) is 45.9 Å². The van der Waals surface area contributed by atoms with Gasteiger partial charge in [0.25, 0.3) is 0 Å². The van der Waals surface area contributed by atoms with Crippen molar-refractivity contribution >= 4 is 5.91 Å². The standard InChI is InChI=1S/C15H26N4O2/c1-4-13(5-2)19-7-6-12(17-19)10-18-8-9-21-11(3)14(18)15(16)20/h6-7,11,13-14H,4-5,8-10H2,1-3H3,(H2,16,20)/t11-,14+/m1/s1. The van der Waals surface area contributed by atoms with Crippen molar-refractivity contribution in [2.24, 2.45) is 5.73 Å². The van der Waals surface area contributed by atoms with E-state index in [9.17, 15) is 4.79 Å². The van der Waals surface area contributed by atoms with Crippen LogP contribution in [0.25, 0.3) is 0 Å². The molecule has 1 saturated heterocycles. The Morgan fingerprint density at radius 2 is 2.24 bits per heavy atom. The molecule has 1 aromatic rings. The SMILES string of the molecule is CCC(CC)n1ccc(CN2CCO[C@H](C)[C@H]2C(N)=O)n1. The van der Waals surface area contributed by atoms with Gasteiger partial charge in [-0.3, -0.25) is 14.4 Å². The molecule has 1 aliphatic heterocycles. The summed E-state index contributed by atoms with van der Waals surface area (Å²) in [7, 11) is 0. The third kappa shape index (κ3) is 3.63. The predicted molar refractivity (Wildman–Crippen MR) is 80.7 cm³/mol. The van der Waals surface area contributed by atoms with Crippen molar-refractivity contribution in [3.8, 4) is 0 Å². The highest BCUT2D eigenvalue weighted by atomic mass is 16.5. The number of carbonyl (C=O) groups excluding carboxylic acids is 1. The molecule has 6 nitrogen and oxygen atoms in total. The zero-order valence-corrected chi connectivity index (χ0v) is 13.2. The molecular weight excluding hydrogens is 268 g/mol. The normalized spacial score (nSPS) is 23.6. The molecule has 0 saturated carbocycles. The summed E-state index contributed by atoms with van der Waals surface area (Å²) in [6, 6.07) is 2.09. The first kappa shape index (κ1) is 16.0. The van der Waals surface area contributed by atoms with E-state index in [4.69, 9.17) is 10.5 Å². The monoisotopic (exact) mass is 294 g/mol.